The highest BCUT2D eigenvalue weighted by atomic mass is 32.2. The number of carbonyl (C=O) groups is 2. The van der Waals surface area contributed by atoms with Crippen molar-refractivity contribution in [2.24, 2.45) is 0 Å². The summed E-state index contributed by atoms with van der Waals surface area (Å²) >= 11 is 1.07. The van der Waals surface area contributed by atoms with Gasteiger partial charge >= 0.3 is 0 Å². The number of carboxylic acids is 1. The molecule has 0 spiro atoms. The first-order valence-corrected chi connectivity index (χ1v) is 7.47. The third-order valence-electron chi connectivity index (χ3n) is 3.16. The molecule has 0 aliphatic heterocycles. The van der Waals surface area contributed by atoms with E-state index in [1.807, 2.05) is 18.2 Å². The molecule has 1 amide bonds. The van der Waals surface area contributed by atoms with Gasteiger partial charge in [-0.1, -0.05) is 24.3 Å². The number of hydrogen-bond acceptors (Lipinski definition) is 4. The Hall–Kier alpha value is -1.49. The minimum Gasteiger partial charge on any atom is -0.549 e. The van der Waals surface area contributed by atoms with Gasteiger partial charge in [0.2, 0.25) is 5.91 Å². The molecule has 1 aliphatic rings. The smallest absolute Gasteiger partial charge is 0.230 e. The topological polar surface area (TPSA) is 69.2 Å². The predicted molar refractivity (Wildman–Crippen MR) is 72.6 cm³/mol. The number of rotatable bonds is 5. The van der Waals surface area contributed by atoms with Crippen LogP contribution < -0.4 is 10.4 Å². The minimum atomic E-state index is -1.14. The number of aryl methyl sites for hydroxylation is 1. The van der Waals surface area contributed by atoms with Crippen molar-refractivity contribution in [2.45, 2.75) is 25.3 Å². The van der Waals surface area contributed by atoms with Gasteiger partial charge in [-0.05, 0) is 30.4 Å². The molecule has 1 atom stereocenters. The second-order valence-electron chi connectivity index (χ2n) is 4.58. The summed E-state index contributed by atoms with van der Waals surface area (Å²) in [6.45, 7) is 0. The number of thioether (sulfide) groups is 1. The maximum atomic E-state index is 11.8. The Bertz CT molecular complexity index is 476. The summed E-state index contributed by atoms with van der Waals surface area (Å²) < 4.78 is 0. The lowest BCUT2D eigenvalue weighted by molar-refractivity contribution is -0.301. The van der Waals surface area contributed by atoms with Crippen LogP contribution in [0.2, 0.25) is 0 Å². The molecule has 102 valence electrons. The zero-order chi connectivity index (χ0) is 13.7. The zero-order valence-corrected chi connectivity index (χ0v) is 11.4. The van der Waals surface area contributed by atoms with E-state index in [9.17, 15) is 14.7 Å². The maximum Gasteiger partial charge on any atom is 0.230 e. The van der Waals surface area contributed by atoms with Gasteiger partial charge in [0.05, 0.1) is 17.8 Å². The summed E-state index contributed by atoms with van der Waals surface area (Å²) in [4.78, 5) is 22.0. The fourth-order valence-electron chi connectivity index (χ4n) is 2.37. The number of fused-ring (bicyclic) bond motifs is 1. The van der Waals surface area contributed by atoms with Crippen molar-refractivity contribution in [2.75, 3.05) is 11.5 Å². The lowest BCUT2D eigenvalue weighted by Crippen LogP contribution is -2.33. The van der Waals surface area contributed by atoms with Crippen molar-refractivity contribution in [3.63, 3.8) is 0 Å². The van der Waals surface area contributed by atoms with E-state index in [1.54, 1.807) is 0 Å². The van der Waals surface area contributed by atoms with Crippen LogP contribution in [-0.4, -0.2) is 23.4 Å². The predicted octanol–water partition coefficient (Wildman–Crippen LogP) is 0.663. The summed E-state index contributed by atoms with van der Waals surface area (Å²) in [5.41, 5.74) is 2.48. The van der Waals surface area contributed by atoms with Crippen LogP contribution in [0, 0.1) is 0 Å². The van der Waals surface area contributed by atoms with E-state index < -0.39 is 5.97 Å². The summed E-state index contributed by atoms with van der Waals surface area (Å²) in [6, 6.07) is 8.19. The highest BCUT2D eigenvalue weighted by Crippen LogP contribution is 2.29. The molecule has 5 heteroatoms. The second-order valence-corrected chi connectivity index (χ2v) is 5.56. The standard InChI is InChI=1S/C14H17NO3S/c16-13(8-19-9-14(17)18)15-12-7-3-5-10-4-1-2-6-11(10)12/h1-2,4,6,12H,3,5,7-9H2,(H,15,16)(H,17,18)/p-1/t12-/m1/s1. The van der Waals surface area contributed by atoms with E-state index in [2.05, 4.69) is 11.4 Å². The maximum absolute atomic E-state index is 11.8. The highest BCUT2D eigenvalue weighted by molar-refractivity contribution is 8.00. The zero-order valence-electron chi connectivity index (χ0n) is 10.6. The summed E-state index contributed by atoms with van der Waals surface area (Å²) in [5, 5.41) is 13.2. The molecule has 0 heterocycles. The number of aliphatic carboxylic acids is 1. The van der Waals surface area contributed by atoms with Gasteiger partial charge in [0, 0.05) is 5.75 Å². The third kappa shape index (κ3) is 3.99. The normalized spacial score (nSPS) is 17.6. The van der Waals surface area contributed by atoms with Crippen LogP contribution in [0.15, 0.2) is 24.3 Å². The van der Waals surface area contributed by atoms with E-state index in [0.29, 0.717) is 0 Å². The Morgan fingerprint density at radius 3 is 2.89 bits per heavy atom. The third-order valence-corrected chi connectivity index (χ3v) is 4.06. The van der Waals surface area contributed by atoms with Gasteiger partial charge < -0.3 is 15.2 Å². The fourth-order valence-corrected chi connectivity index (χ4v) is 2.90. The van der Waals surface area contributed by atoms with Crippen LogP contribution in [0.1, 0.15) is 30.0 Å². The summed E-state index contributed by atoms with van der Waals surface area (Å²) in [7, 11) is 0. The SMILES string of the molecule is O=C([O-])CSCC(=O)N[C@@H]1CCCc2ccccc21. The first-order valence-electron chi connectivity index (χ1n) is 6.31. The number of carbonyl (C=O) groups excluding carboxylic acids is 2. The molecule has 2 rings (SSSR count). The van der Waals surface area contributed by atoms with E-state index in [-0.39, 0.29) is 23.5 Å². The molecule has 0 fully saturated rings. The number of benzene rings is 1. The number of nitrogens with one attached hydrogen (secondary N) is 1. The van der Waals surface area contributed by atoms with E-state index in [1.165, 1.54) is 11.1 Å². The second kappa shape index (κ2) is 6.61. The largest absolute Gasteiger partial charge is 0.549 e. The van der Waals surface area contributed by atoms with Crippen molar-refractivity contribution in [1.29, 1.82) is 0 Å². The first-order chi connectivity index (χ1) is 9.16. The molecular formula is C14H16NO3S-. The Morgan fingerprint density at radius 2 is 2.11 bits per heavy atom. The lowest BCUT2D eigenvalue weighted by atomic mass is 9.88. The molecule has 1 N–H and O–H groups in total. The molecule has 19 heavy (non-hydrogen) atoms. The van der Waals surface area contributed by atoms with Crippen molar-refractivity contribution in [1.82, 2.24) is 5.32 Å². The van der Waals surface area contributed by atoms with Gasteiger partial charge in [-0.2, -0.15) is 0 Å². The average molecular weight is 278 g/mol. The van der Waals surface area contributed by atoms with E-state index >= 15 is 0 Å². The first kappa shape index (κ1) is 13.9. The van der Waals surface area contributed by atoms with Crippen molar-refractivity contribution in [3.05, 3.63) is 35.4 Å². The van der Waals surface area contributed by atoms with E-state index in [0.717, 1.165) is 31.0 Å². The molecular weight excluding hydrogens is 262 g/mol. The van der Waals surface area contributed by atoms with Gasteiger partial charge in [0.15, 0.2) is 0 Å². The van der Waals surface area contributed by atoms with Crippen LogP contribution in [0.25, 0.3) is 0 Å². The molecule has 0 aromatic heterocycles. The Kier molecular flexibility index (Phi) is 4.85. The molecule has 0 saturated heterocycles. The molecule has 1 aromatic rings. The van der Waals surface area contributed by atoms with Gasteiger partial charge in [0.25, 0.3) is 0 Å². The molecule has 0 saturated carbocycles. The molecule has 0 unspecified atom stereocenters. The van der Waals surface area contributed by atoms with Crippen LogP contribution in [0.4, 0.5) is 0 Å². The van der Waals surface area contributed by atoms with Gasteiger partial charge in [-0.25, -0.2) is 0 Å². The Balaban J connectivity index is 1.90. The average Bonchev–Trinajstić information content (AvgIpc) is 2.39. The number of amides is 1. The highest BCUT2D eigenvalue weighted by Gasteiger charge is 2.20. The molecule has 4 nitrogen and oxygen atoms in total. The van der Waals surface area contributed by atoms with Crippen molar-refractivity contribution in [3.8, 4) is 0 Å². The Labute approximate surface area is 116 Å². The lowest BCUT2D eigenvalue weighted by Gasteiger charge is -2.26. The van der Waals surface area contributed by atoms with Crippen LogP contribution >= 0.6 is 11.8 Å². The van der Waals surface area contributed by atoms with Crippen LogP contribution in [-0.2, 0) is 16.0 Å². The van der Waals surface area contributed by atoms with Gasteiger partial charge in [0.1, 0.15) is 0 Å². The molecule has 1 aliphatic carbocycles. The molecule has 0 radical (unpaired) electrons. The quantitative estimate of drug-likeness (QED) is 0.859. The van der Waals surface area contributed by atoms with Gasteiger partial charge in [-0.3, -0.25) is 4.79 Å². The summed E-state index contributed by atoms with van der Waals surface area (Å²) in [6.07, 6.45) is 3.06. The van der Waals surface area contributed by atoms with Gasteiger partial charge in [-0.15, -0.1) is 11.8 Å². The number of carboxylic acid groups (broad SMARTS) is 1. The fraction of sp³-hybridized carbons (Fsp3) is 0.429. The number of hydrogen-bond donors (Lipinski definition) is 1. The summed E-state index contributed by atoms with van der Waals surface area (Å²) in [5.74, 6) is -1.24. The monoisotopic (exact) mass is 278 g/mol. The Morgan fingerprint density at radius 1 is 1.32 bits per heavy atom. The van der Waals surface area contributed by atoms with Crippen LogP contribution in [0.3, 0.4) is 0 Å². The van der Waals surface area contributed by atoms with E-state index in [4.69, 9.17) is 0 Å². The molecule has 1 aromatic carbocycles. The minimum absolute atomic E-state index is 0.0565. The van der Waals surface area contributed by atoms with Crippen molar-refractivity contribution < 1.29 is 14.7 Å². The van der Waals surface area contributed by atoms with Crippen LogP contribution in [0.5, 0.6) is 0 Å². The van der Waals surface area contributed by atoms with Crippen molar-refractivity contribution >= 4 is 23.6 Å². The molecule has 0 bridgehead atoms.